The number of carbonyl (C=O) groups is 1. The van der Waals surface area contributed by atoms with Gasteiger partial charge in [0.25, 0.3) is 0 Å². The first-order valence-corrected chi connectivity index (χ1v) is 5.05. The molecule has 5 nitrogen and oxygen atoms in total. The van der Waals surface area contributed by atoms with Crippen molar-refractivity contribution in [1.29, 1.82) is 0 Å². The lowest BCUT2D eigenvalue weighted by molar-refractivity contribution is -0.131. The highest BCUT2D eigenvalue weighted by molar-refractivity contribution is 5.75. The largest absolute Gasteiger partial charge is 0.426 e. The molecule has 0 amide bonds. The molecule has 5 heteroatoms. The van der Waals surface area contributed by atoms with Gasteiger partial charge in [-0.2, -0.15) is 0 Å². The average Bonchev–Trinajstić information content (AvgIpc) is 2.58. The molecule has 0 aliphatic heterocycles. The van der Waals surface area contributed by atoms with Gasteiger partial charge in [0.1, 0.15) is 5.75 Å². The number of benzene rings is 1. The van der Waals surface area contributed by atoms with E-state index in [1.165, 1.54) is 6.92 Å². The van der Waals surface area contributed by atoms with Gasteiger partial charge in [0, 0.05) is 6.92 Å². The normalized spacial score (nSPS) is 10.2. The maximum atomic E-state index is 11.1. The fraction of sp³-hybridized carbons (Fsp3) is 0.167. The van der Waals surface area contributed by atoms with Crippen LogP contribution in [0.1, 0.15) is 12.6 Å². The zero-order valence-corrected chi connectivity index (χ0v) is 9.44. The molecule has 2 aromatic rings. The van der Waals surface area contributed by atoms with Gasteiger partial charge in [-0.15, -0.1) is 0 Å². The van der Waals surface area contributed by atoms with Crippen LogP contribution in [0.15, 0.2) is 33.5 Å². The Hall–Kier alpha value is -2.30. The Bertz CT molecular complexity index is 609. The second-order valence-electron chi connectivity index (χ2n) is 3.56. The minimum absolute atomic E-state index is 0.367. The Morgan fingerprint density at radius 1 is 1.35 bits per heavy atom. The first-order valence-electron chi connectivity index (χ1n) is 5.05. The molecule has 0 saturated carbocycles. The lowest BCUT2D eigenvalue weighted by Gasteiger charge is -2.06. The average molecular weight is 233 g/mol. The van der Waals surface area contributed by atoms with E-state index in [2.05, 4.69) is 4.98 Å². The molecule has 0 saturated heterocycles. The number of H-pyrrole nitrogens is 1. The quantitative estimate of drug-likeness (QED) is 0.634. The summed E-state index contributed by atoms with van der Waals surface area (Å²) in [7, 11) is 0. The number of carbonyl (C=O) groups excluding carboxylic acids is 1. The summed E-state index contributed by atoms with van der Waals surface area (Å²) in [6.45, 7) is 3.03. The number of aryl methyl sites for hydroxylation is 1. The van der Waals surface area contributed by atoms with E-state index in [0.717, 1.165) is 0 Å². The van der Waals surface area contributed by atoms with Crippen LogP contribution in [0.5, 0.6) is 5.75 Å². The van der Waals surface area contributed by atoms with Gasteiger partial charge in [-0.3, -0.25) is 9.78 Å². The minimum atomic E-state index is -0.532. The van der Waals surface area contributed by atoms with Gasteiger partial charge in [-0.1, -0.05) is 12.1 Å². The lowest BCUT2D eigenvalue weighted by atomic mass is 10.1. The van der Waals surface area contributed by atoms with Crippen LogP contribution in [-0.4, -0.2) is 11.0 Å². The first kappa shape index (κ1) is 11.2. The maximum absolute atomic E-state index is 11.1. The second kappa shape index (κ2) is 4.29. The van der Waals surface area contributed by atoms with Gasteiger partial charge in [-0.05, 0) is 19.1 Å². The Morgan fingerprint density at radius 3 is 2.65 bits per heavy atom. The van der Waals surface area contributed by atoms with Crippen LogP contribution in [0.3, 0.4) is 0 Å². The van der Waals surface area contributed by atoms with Gasteiger partial charge >= 0.3 is 11.7 Å². The summed E-state index contributed by atoms with van der Waals surface area (Å²) in [5, 5.41) is 0. The highest BCUT2D eigenvalue weighted by atomic mass is 16.5. The predicted octanol–water partition coefficient (Wildman–Crippen LogP) is 1.87. The van der Waals surface area contributed by atoms with Crippen LogP contribution in [0, 0.1) is 6.92 Å². The van der Waals surface area contributed by atoms with Gasteiger partial charge < -0.3 is 9.15 Å². The third kappa shape index (κ3) is 2.28. The van der Waals surface area contributed by atoms with Crippen molar-refractivity contribution in [2.45, 2.75) is 13.8 Å². The monoisotopic (exact) mass is 233 g/mol. The summed E-state index contributed by atoms with van der Waals surface area (Å²) >= 11 is 0. The van der Waals surface area contributed by atoms with Crippen molar-refractivity contribution in [2.24, 2.45) is 0 Å². The zero-order valence-electron chi connectivity index (χ0n) is 9.44. The van der Waals surface area contributed by atoms with Crippen molar-refractivity contribution in [1.82, 2.24) is 4.98 Å². The Balaban J connectivity index is 2.55. The van der Waals surface area contributed by atoms with E-state index < -0.39 is 11.7 Å². The van der Waals surface area contributed by atoms with Crippen LogP contribution >= 0.6 is 0 Å². The molecule has 0 aliphatic rings. The fourth-order valence-electron chi connectivity index (χ4n) is 1.56. The molecular weight excluding hydrogens is 222 g/mol. The van der Waals surface area contributed by atoms with Crippen LogP contribution in [-0.2, 0) is 4.79 Å². The molecule has 88 valence electrons. The number of ether oxygens (including phenoxy) is 1. The number of para-hydroxylation sites is 1. The number of hydrogen-bond donors (Lipinski definition) is 1. The van der Waals surface area contributed by atoms with E-state index in [1.807, 2.05) is 0 Å². The van der Waals surface area contributed by atoms with Crippen molar-refractivity contribution in [2.75, 3.05) is 0 Å². The number of esters is 1. The summed E-state index contributed by atoms with van der Waals surface area (Å²) in [4.78, 5) is 24.6. The first-order chi connectivity index (χ1) is 8.08. The van der Waals surface area contributed by atoms with Crippen molar-refractivity contribution >= 4 is 5.97 Å². The summed E-state index contributed by atoms with van der Waals surface area (Å²) in [6, 6.07) is 6.87. The molecule has 0 unspecified atom stereocenters. The molecule has 1 aromatic heterocycles. The second-order valence-corrected chi connectivity index (χ2v) is 3.56. The topological polar surface area (TPSA) is 72.3 Å². The van der Waals surface area contributed by atoms with Gasteiger partial charge in [0.05, 0.1) is 11.3 Å². The Kier molecular flexibility index (Phi) is 2.82. The molecule has 17 heavy (non-hydrogen) atoms. The minimum Gasteiger partial charge on any atom is -0.426 e. The molecular formula is C12H11NO4. The van der Waals surface area contributed by atoms with E-state index in [4.69, 9.17) is 9.15 Å². The fourth-order valence-corrected chi connectivity index (χ4v) is 1.56. The Labute approximate surface area is 97.0 Å². The number of oxazole rings is 1. The van der Waals surface area contributed by atoms with E-state index in [0.29, 0.717) is 22.8 Å². The highest BCUT2D eigenvalue weighted by Crippen LogP contribution is 2.30. The van der Waals surface area contributed by atoms with Crippen molar-refractivity contribution in [3.05, 3.63) is 40.5 Å². The summed E-state index contributed by atoms with van der Waals surface area (Å²) in [5.41, 5.74) is 1.16. The third-order valence-electron chi connectivity index (χ3n) is 2.21. The van der Waals surface area contributed by atoms with Crippen LogP contribution in [0.2, 0.25) is 0 Å². The number of rotatable bonds is 2. The summed E-state index contributed by atoms with van der Waals surface area (Å²) < 4.78 is 10.1. The molecule has 0 aliphatic carbocycles. The van der Waals surface area contributed by atoms with E-state index in [1.54, 1.807) is 31.2 Å². The van der Waals surface area contributed by atoms with E-state index >= 15 is 0 Å². The van der Waals surface area contributed by atoms with Crippen LogP contribution in [0.25, 0.3) is 11.3 Å². The molecule has 0 bridgehead atoms. The SMILES string of the molecule is CC(=O)Oc1ccccc1-c1oc(=O)[nH]c1C. The van der Waals surface area contributed by atoms with Gasteiger partial charge in [0.2, 0.25) is 0 Å². The van der Waals surface area contributed by atoms with E-state index in [-0.39, 0.29) is 0 Å². The number of hydrogen-bond acceptors (Lipinski definition) is 4. The van der Waals surface area contributed by atoms with Gasteiger partial charge in [-0.25, -0.2) is 4.79 Å². The maximum Gasteiger partial charge on any atom is 0.417 e. The number of aromatic nitrogens is 1. The number of nitrogens with one attached hydrogen (secondary N) is 1. The molecule has 2 rings (SSSR count). The van der Waals surface area contributed by atoms with Crippen molar-refractivity contribution in [3.63, 3.8) is 0 Å². The van der Waals surface area contributed by atoms with Crippen LogP contribution in [0.4, 0.5) is 0 Å². The molecule has 0 atom stereocenters. The summed E-state index contributed by atoms with van der Waals surface area (Å²) in [5.74, 6) is -0.208. The molecule has 0 radical (unpaired) electrons. The zero-order chi connectivity index (χ0) is 12.4. The van der Waals surface area contributed by atoms with Crippen molar-refractivity contribution < 1.29 is 13.9 Å². The molecule has 1 N–H and O–H groups in total. The van der Waals surface area contributed by atoms with E-state index in [9.17, 15) is 9.59 Å². The summed E-state index contributed by atoms with van der Waals surface area (Å²) in [6.07, 6.45) is 0. The lowest BCUT2D eigenvalue weighted by Crippen LogP contribution is -2.02. The molecule has 1 heterocycles. The third-order valence-corrected chi connectivity index (χ3v) is 2.21. The van der Waals surface area contributed by atoms with Crippen LogP contribution < -0.4 is 10.5 Å². The smallest absolute Gasteiger partial charge is 0.417 e. The predicted molar refractivity (Wildman–Crippen MR) is 60.8 cm³/mol. The van der Waals surface area contributed by atoms with Crippen molar-refractivity contribution in [3.8, 4) is 17.1 Å². The number of aromatic amines is 1. The Morgan fingerprint density at radius 2 is 2.06 bits per heavy atom. The molecule has 0 fully saturated rings. The molecule has 0 spiro atoms. The van der Waals surface area contributed by atoms with Gasteiger partial charge in [0.15, 0.2) is 5.76 Å². The molecule has 1 aromatic carbocycles. The standard InChI is InChI=1S/C12H11NO4/c1-7-11(17-12(15)13-7)9-5-3-4-6-10(9)16-8(2)14/h3-6H,1-2H3,(H,13,15). The highest BCUT2D eigenvalue weighted by Gasteiger charge is 2.14.